The molecule has 3 aromatic rings. The van der Waals surface area contributed by atoms with E-state index in [1.165, 1.54) is 0 Å². The maximum Gasteiger partial charge on any atom is 0.204 e. The Labute approximate surface area is 175 Å². The fraction of sp³-hybridized carbons (Fsp3) is 0.273. The third-order valence-electron chi connectivity index (χ3n) is 4.81. The standard InChI is InChI=1S/C22H26N6O2/c1-6-9-27-15(3)11-19(17(27)5)20(29)13-30-26-22(23)18-7-8-21(24-12-18)28-16(4)10-14(2)25-28/h6-8,10-12H,1,9,13H2,2-5H3,(H2,23,26). The van der Waals surface area contributed by atoms with Crippen LogP contribution in [0.25, 0.3) is 5.82 Å². The number of allylic oxidation sites excluding steroid dienone is 1. The van der Waals surface area contributed by atoms with E-state index in [4.69, 9.17) is 10.6 Å². The Bertz CT molecular complexity index is 1110. The summed E-state index contributed by atoms with van der Waals surface area (Å²) in [6.07, 6.45) is 3.39. The molecule has 0 aliphatic rings. The number of carbonyl (C=O) groups is 1. The van der Waals surface area contributed by atoms with Gasteiger partial charge in [0.15, 0.2) is 18.3 Å². The Kier molecular flexibility index (Phi) is 6.15. The monoisotopic (exact) mass is 406 g/mol. The number of nitrogens with two attached hydrogens (primary N) is 1. The van der Waals surface area contributed by atoms with Gasteiger partial charge < -0.3 is 15.1 Å². The minimum atomic E-state index is -0.198. The lowest BCUT2D eigenvalue weighted by atomic mass is 10.2. The van der Waals surface area contributed by atoms with Gasteiger partial charge in [-0.2, -0.15) is 5.10 Å². The zero-order valence-electron chi connectivity index (χ0n) is 17.7. The van der Waals surface area contributed by atoms with Crippen molar-refractivity contribution in [3.05, 3.63) is 77.0 Å². The van der Waals surface area contributed by atoms with Gasteiger partial charge in [-0.1, -0.05) is 11.2 Å². The first-order valence-electron chi connectivity index (χ1n) is 9.58. The quantitative estimate of drug-likeness (QED) is 0.204. The summed E-state index contributed by atoms with van der Waals surface area (Å²) in [5.74, 6) is 0.670. The first-order chi connectivity index (χ1) is 14.3. The molecule has 0 atom stereocenters. The number of aromatic nitrogens is 4. The number of nitrogens with zero attached hydrogens (tertiary/aromatic N) is 5. The molecule has 0 aliphatic carbocycles. The molecule has 3 rings (SSSR count). The number of Topliss-reactive ketones (excluding diaryl/α,β-unsaturated/α-hetero) is 1. The normalized spacial score (nSPS) is 11.5. The zero-order valence-corrected chi connectivity index (χ0v) is 17.7. The topological polar surface area (TPSA) is 100 Å². The molecule has 0 saturated carbocycles. The molecule has 30 heavy (non-hydrogen) atoms. The molecule has 0 spiro atoms. The molecule has 8 nitrogen and oxygen atoms in total. The van der Waals surface area contributed by atoms with Crippen molar-refractivity contribution in [1.82, 2.24) is 19.3 Å². The average Bonchev–Trinajstić information content (AvgIpc) is 3.20. The van der Waals surface area contributed by atoms with Gasteiger partial charge in [-0.25, -0.2) is 9.67 Å². The van der Waals surface area contributed by atoms with Gasteiger partial charge in [0.25, 0.3) is 0 Å². The van der Waals surface area contributed by atoms with E-state index in [9.17, 15) is 4.79 Å². The highest BCUT2D eigenvalue weighted by Crippen LogP contribution is 2.16. The van der Waals surface area contributed by atoms with E-state index in [0.717, 1.165) is 22.8 Å². The van der Waals surface area contributed by atoms with Crippen LogP contribution in [0.3, 0.4) is 0 Å². The van der Waals surface area contributed by atoms with Gasteiger partial charge >= 0.3 is 0 Å². The zero-order chi connectivity index (χ0) is 21.8. The van der Waals surface area contributed by atoms with Gasteiger partial charge in [-0.3, -0.25) is 4.79 Å². The van der Waals surface area contributed by atoms with Crippen LogP contribution in [0, 0.1) is 27.7 Å². The SMILES string of the molecule is C=CCn1c(C)cc(C(=O)CO/N=C(\N)c2ccc(-n3nc(C)cc3C)nc2)c1C. The Morgan fingerprint density at radius 2 is 2.00 bits per heavy atom. The molecule has 0 aromatic carbocycles. The predicted molar refractivity (Wildman–Crippen MR) is 116 cm³/mol. The predicted octanol–water partition coefficient (Wildman–Crippen LogP) is 3.01. The van der Waals surface area contributed by atoms with Gasteiger partial charge in [-0.15, -0.1) is 6.58 Å². The van der Waals surface area contributed by atoms with Crippen molar-refractivity contribution >= 4 is 11.6 Å². The molecule has 2 N–H and O–H groups in total. The summed E-state index contributed by atoms with van der Waals surface area (Å²) >= 11 is 0. The summed E-state index contributed by atoms with van der Waals surface area (Å²) < 4.78 is 3.78. The number of rotatable bonds is 8. The molecular weight excluding hydrogens is 380 g/mol. The van der Waals surface area contributed by atoms with Crippen LogP contribution in [0.1, 0.15) is 38.7 Å². The second-order valence-corrected chi connectivity index (χ2v) is 7.10. The Hall–Kier alpha value is -3.68. The molecule has 0 bridgehead atoms. The molecule has 0 radical (unpaired) electrons. The van der Waals surface area contributed by atoms with Crippen LogP contribution >= 0.6 is 0 Å². The molecule has 0 saturated heterocycles. The van der Waals surface area contributed by atoms with Crippen molar-refractivity contribution < 1.29 is 9.63 Å². The number of ketones is 1. The van der Waals surface area contributed by atoms with Crippen molar-refractivity contribution in [2.45, 2.75) is 34.2 Å². The summed E-state index contributed by atoms with van der Waals surface area (Å²) in [6, 6.07) is 7.41. The van der Waals surface area contributed by atoms with Crippen LogP contribution in [0.2, 0.25) is 0 Å². The fourth-order valence-corrected chi connectivity index (χ4v) is 3.31. The molecular formula is C22H26N6O2. The number of aryl methyl sites for hydroxylation is 3. The third-order valence-corrected chi connectivity index (χ3v) is 4.81. The molecule has 0 fully saturated rings. The number of oxime groups is 1. The van der Waals surface area contributed by atoms with Crippen LogP contribution < -0.4 is 5.73 Å². The first-order valence-corrected chi connectivity index (χ1v) is 9.58. The van der Waals surface area contributed by atoms with Gasteiger partial charge in [0.05, 0.1) is 5.69 Å². The minimum absolute atomic E-state index is 0.146. The molecule has 8 heteroatoms. The van der Waals surface area contributed by atoms with Crippen LogP contribution in [0.4, 0.5) is 0 Å². The largest absolute Gasteiger partial charge is 0.386 e. The summed E-state index contributed by atoms with van der Waals surface area (Å²) in [5.41, 5.74) is 11.0. The molecule has 3 aromatic heterocycles. The second kappa shape index (κ2) is 8.77. The maximum absolute atomic E-state index is 12.5. The summed E-state index contributed by atoms with van der Waals surface area (Å²) in [5, 5.41) is 8.27. The van der Waals surface area contributed by atoms with E-state index >= 15 is 0 Å². The van der Waals surface area contributed by atoms with Gasteiger partial charge in [-0.05, 0) is 52.0 Å². The summed E-state index contributed by atoms with van der Waals surface area (Å²) in [4.78, 5) is 22.1. The van der Waals surface area contributed by atoms with Crippen molar-refractivity contribution in [3.8, 4) is 5.82 Å². The third kappa shape index (κ3) is 4.32. The molecule has 0 unspecified atom stereocenters. The van der Waals surface area contributed by atoms with Crippen LogP contribution in [0.5, 0.6) is 0 Å². The van der Waals surface area contributed by atoms with Crippen LogP contribution in [-0.2, 0) is 11.4 Å². The van der Waals surface area contributed by atoms with E-state index in [1.54, 1.807) is 29.1 Å². The summed E-state index contributed by atoms with van der Waals surface area (Å²) in [7, 11) is 0. The fourth-order valence-electron chi connectivity index (χ4n) is 3.31. The highest BCUT2D eigenvalue weighted by molar-refractivity contribution is 5.99. The first kappa shape index (κ1) is 21.0. The smallest absolute Gasteiger partial charge is 0.204 e. The average molecular weight is 406 g/mol. The maximum atomic E-state index is 12.5. The lowest BCUT2D eigenvalue weighted by Gasteiger charge is -2.06. The van der Waals surface area contributed by atoms with E-state index in [2.05, 4.69) is 21.8 Å². The summed E-state index contributed by atoms with van der Waals surface area (Å²) in [6.45, 7) is 11.9. The minimum Gasteiger partial charge on any atom is -0.386 e. The van der Waals surface area contributed by atoms with E-state index in [0.29, 0.717) is 23.5 Å². The van der Waals surface area contributed by atoms with Crippen molar-refractivity contribution in [2.75, 3.05) is 6.61 Å². The Morgan fingerprint density at radius 3 is 2.60 bits per heavy atom. The lowest BCUT2D eigenvalue weighted by molar-refractivity contribution is 0.0775. The number of amidine groups is 1. The van der Waals surface area contributed by atoms with Crippen LogP contribution in [0.15, 0.2) is 48.3 Å². The number of pyridine rings is 1. The lowest BCUT2D eigenvalue weighted by Crippen LogP contribution is -2.16. The highest BCUT2D eigenvalue weighted by Gasteiger charge is 2.16. The van der Waals surface area contributed by atoms with Gasteiger partial charge in [0, 0.05) is 41.0 Å². The number of hydrogen-bond donors (Lipinski definition) is 1. The van der Waals surface area contributed by atoms with E-state index < -0.39 is 0 Å². The number of hydrogen-bond acceptors (Lipinski definition) is 5. The number of carbonyl (C=O) groups excluding carboxylic acids is 1. The Morgan fingerprint density at radius 1 is 1.23 bits per heavy atom. The Balaban J connectivity index is 1.65. The van der Waals surface area contributed by atoms with Crippen LogP contribution in [-0.4, -0.2) is 37.6 Å². The van der Waals surface area contributed by atoms with E-state index in [1.807, 2.05) is 44.4 Å². The van der Waals surface area contributed by atoms with Gasteiger partial charge in [0.1, 0.15) is 0 Å². The molecule has 3 heterocycles. The molecule has 0 aliphatic heterocycles. The molecule has 156 valence electrons. The second-order valence-electron chi connectivity index (χ2n) is 7.10. The van der Waals surface area contributed by atoms with Crippen molar-refractivity contribution in [2.24, 2.45) is 10.9 Å². The van der Waals surface area contributed by atoms with Crippen molar-refractivity contribution in [1.29, 1.82) is 0 Å². The van der Waals surface area contributed by atoms with Crippen molar-refractivity contribution in [3.63, 3.8) is 0 Å². The highest BCUT2D eigenvalue weighted by atomic mass is 16.6. The van der Waals surface area contributed by atoms with E-state index in [-0.39, 0.29) is 18.2 Å². The molecule has 0 amide bonds. The van der Waals surface area contributed by atoms with Gasteiger partial charge in [0.2, 0.25) is 5.78 Å².